The van der Waals surface area contributed by atoms with Gasteiger partial charge in [-0.2, -0.15) is 0 Å². The highest BCUT2D eigenvalue weighted by Crippen LogP contribution is 2.18. The number of nitro benzene ring substituents is 1. The Morgan fingerprint density at radius 2 is 1.89 bits per heavy atom. The van der Waals surface area contributed by atoms with E-state index in [9.17, 15) is 14.5 Å². The van der Waals surface area contributed by atoms with Crippen LogP contribution in [0.25, 0.3) is 0 Å². The summed E-state index contributed by atoms with van der Waals surface area (Å²) >= 11 is 5.78. The zero-order valence-electron chi connectivity index (χ0n) is 9.77. The molecule has 1 N–H and O–H groups in total. The van der Waals surface area contributed by atoms with E-state index in [1.165, 1.54) is 30.3 Å². The summed E-state index contributed by atoms with van der Waals surface area (Å²) in [6.07, 6.45) is 0. The van der Waals surface area contributed by atoms with Crippen molar-refractivity contribution >= 4 is 23.0 Å². The molecule has 0 unspecified atom stereocenters. The summed E-state index contributed by atoms with van der Waals surface area (Å²) in [5.41, 5.74) is 1.12. The lowest BCUT2D eigenvalue weighted by Gasteiger charge is -2.07. The molecular formula is C13H10ClFN2O2. The summed E-state index contributed by atoms with van der Waals surface area (Å²) in [5.74, 6) is -0.348. The summed E-state index contributed by atoms with van der Waals surface area (Å²) in [6, 6.07) is 10.2. The van der Waals surface area contributed by atoms with Gasteiger partial charge in [-0.3, -0.25) is 10.1 Å². The first-order valence-electron chi connectivity index (χ1n) is 5.48. The van der Waals surface area contributed by atoms with Crippen molar-refractivity contribution in [2.45, 2.75) is 6.54 Å². The maximum atomic E-state index is 13.5. The van der Waals surface area contributed by atoms with E-state index in [-0.39, 0.29) is 18.0 Å². The maximum Gasteiger partial charge on any atom is 0.269 e. The molecule has 0 radical (unpaired) electrons. The van der Waals surface area contributed by atoms with E-state index in [0.717, 1.165) is 0 Å². The Labute approximate surface area is 114 Å². The van der Waals surface area contributed by atoms with Crippen molar-refractivity contribution in [1.29, 1.82) is 0 Å². The zero-order valence-corrected chi connectivity index (χ0v) is 10.5. The van der Waals surface area contributed by atoms with Gasteiger partial charge in [0, 0.05) is 35.0 Å². The Hall–Kier alpha value is -2.14. The fourth-order valence-electron chi connectivity index (χ4n) is 1.58. The number of rotatable bonds is 4. The average molecular weight is 281 g/mol. The number of nitro groups is 1. The Morgan fingerprint density at radius 3 is 2.53 bits per heavy atom. The van der Waals surface area contributed by atoms with Gasteiger partial charge in [0.05, 0.1) is 4.92 Å². The fourth-order valence-corrected chi connectivity index (χ4v) is 1.77. The number of nitrogens with zero attached hydrogens (tertiary/aromatic N) is 1. The van der Waals surface area contributed by atoms with E-state index in [2.05, 4.69) is 5.32 Å². The van der Waals surface area contributed by atoms with Crippen molar-refractivity contribution in [3.05, 3.63) is 69.0 Å². The molecule has 0 saturated heterocycles. The monoisotopic (exact) mass is 280 g/mol. The standard InChI is InChI=1S/C13H10ClFN2O2/c14-10-1-6-13(15)9(7-10)8-16-11-2-4-12(5-3-11)17(18)19/h1-7,16H,8H2. The van der Waals surface area contributed by atoms with E-state index in [0.29, 0.717) is 16.3 Å². The van der Waals surface area contributed by atoms with Crippen LogP contribution in [-0.2, 0) is 6.54 Å². The molecule has 6 heteroatoms. The number of halogens is 2. The minimum Gasteiger partial charge on any atom is -0.381 e. The minimum absolute atomic E-state index is 0.0134. The number of nitrogens with one attached hydrogen (secondary N) is 1. The van der Waals surface area contributed by atoms with Crippen LogP contribution in [0.2, 0.25) is 5.02 Å². The second-order valence-electron chi connectivity index (χ2n) is 3.89. The summed E-state index contributed by atoms with van der Waals surface area (Å²) in [7, 11) is 0. The van der Waals surface area contributed by atoms with E-state index < -0.39 is 4.92 Å². The van der Waals surface area contributed by atoms with Gasteiger partial charge >= 0.3 is 0 Å². The van der Waals surface area contributed by atoms with Crippen LogP contribution >= 0.6 is 11.6 Å². The normalized spacial score (nSPS) is 10.2. The molecule has 0 aliphatic carbocycles. The molecule has 0 bridgehead atoms. The van der Waals surface area contributed by atoms with E-state index in [1.54, 1.807) is 12.1 Å². The first kappa shape index (κ1) is 13.3. The molecule has 0 aliphatic heterocycles. The van der Waals surface area contributed by atoms with Crippen LogP contribution in [0, 0.1) is 15.9 Å². The number of benzene rings is 2. The van der Waals surface area contributed by atoms with Crippen LogP contribution < -0.4 is 5.32 Å². The molecule has 19 heavy (non-hydrogen) atoms. The fraction of sp³-hybridized carbons (Fsp3) is 0.0769. The highest BCUT2D eigenvalue weighted by Gasteiger charge is 2.05. The first-order chi connectivity index (χ1) is 9.06. The van der Waals surface area contributed by atoms with Crippen molar-refractivity contribution in [1.82, 2.24) is 0 Å². The lowest BCUT2D eigenvalue weighted by atomic mass is 10.2. The Kier molecular flexibility index (Phi) is 3.97. The highest BCUT2D eigenvalue weighted by molar-refractivity contribution is 6.30. The summed E-state index contributed by atoms with van der Waals surface area (Å²) in [6.45, 7) is 0.254. The summed E-state index contributed by atoms with van der Waals surface area (Å²) < 4.78 is 13.5. The minimum atomic E-state index is -0.472. The molecule has 0 amide bonds. The third-order valence-electron chi connectivity index (χ3n) is 2.57. The number of anilines is 1. The molecule has 0 heterocycles. The molecule has 2 aromatic rings. The van der Waals surface area contributed by atoms with Gasteiger partial charge in [0.2, 0.25) is 0 Å². The van der Waals surface area contributed by atoms with Gasteiger partial charge < -0.3 is 5.32 Å². The van der Waals surface area contributed by atoms with Crippen molar-refractivity contribution < 1.29 is 9.31 Å². The smallest absolute Gasteiger partial charge is 0.269 e. The number of non-ortho nitro benzene ring substituents is 1. The van der Waals surface area contributed by atoms with Gasteiger partial charge in [0.15, 0.2) is 0 Å². The molecule has 0 aliphatic rings. The third kappa shape index (κ3) is 3.42. The predicted molar refractivity (Wildman–Crippen MR) is 71.8 cm³/mol. The molecule has 0 fully saturated rings. The molecule has 4 nitrogen and oxygen atoms in total. The van der Waals surface area contributed by atoms with Crippen molar-refractivity contribution in [3.63, 3.8) is 0 Å². The van der Waals surface area contributed by atoms with Crippen molar-refractivity contribution in [2.24, 2.45) is 0 Å². The molecule has 0 atom stereocenters. The third-order valence-corrected chi connectivity index (χ3v) is 2.80. The van der Waals surface area contributed by atoms with Crippen LogP contribution in [0.15, 0.2) is 42.5 Å². The Bertz CT molecular complexity index is 602. The summed E-state index contributed by atoms with van der Waals surface area (Å²) in [4.78, 5) is 10.0. The Balaban J connectivity index is 2.06. The lowest BCUT2D eigenvalue weighted by molar-refractivity contribution is -0.384. The van der Waals surface area contributed by atoms with E-state index in [4.69, 9.17) is 11.6 Å². The van der Waals surface area contributed by atoms with Crippen molar-refractivity contribution in [2.75, 3.05) is 5.32 Å². The van der Waals surface area contributed by atoms with E-state index in [1.807, 2.05) is 0 Å². The van der Waals surface area contributed by atoms with Gasteiger partial charge in [-0.15, -0.1) is 0 Å². The predicted octanol–water partition coefficient (Wildman–Crippen LogP) is 4.00. The summed E-state index contributed by atoms with van der Waals surface area (Å²) in [5, 5.41) is 13.9. The van der Waals surface area contributed by atoms with Crippen molar-refractivity contribution in [3.8, 4) is 0 Å². The molecule has 2 rings (SSSR count). The molecular weight excluding hydrogens is 271 g/mol. The van der Waals surface area contributed by atoms with Gasteiger partial charge in [-0.1, -0.05) is 11.6 Å². The Morgan fingerprint density at radius 1 is 1.21 bits per heavy atom. The molecule has 0 spiro atoms. The number of hydrogen-bond donors (Lipinski definition) is 1. The second kappa shape index (κ2) is 5.67. The topological polar surface area (TPSA) is 55.2 Å². The van der Waals surface area contributed by atoms with Crippen LogP contribution in [0.3, 0.4) is 0 Å². The van der Waals surface area contributed by atoms with Crippen LogP contribution in [0.5, 0.6) is 0 Å². The quantitative estimate of drug-likeness (QED) is 0.680. The largest absolute Gasteiger partial charge is 0.381 e. The van der Waals surface area contributed by atoms with Gasteiger partial charge in [0.25, 0.3) is 5.69 Å². The molecule has 2 aromatic carbocycles. The van der Waals surface area contributed by atoms with Gasteiger partial charge in [0.1, 0.15) is 5.82 Å². The first-order valence-corrected chi connectivity index (χ1v) is 5.86. The SMILES string of the molecule is O=[N+]([O-])c1ccc(NCc2cc(Cl)ccc2F)cc1. The van der Waals surface area contributed by atoms with E-state index >= 15 is 0 Å². The zero-order chi connectivity index (χ0) is 13.8. The maximum absolute atomic E-state index is 13.5. The van der Waals surface area contributed by atoms with Gasteiger partial charge in [-0.05, 0) is 30.3 Å². The highest BCUT2D eigenvalue weighted by atomic mass is 35.5. The molecule has 0 saturated carbocycles. The van der Waals surface area contributed by atoms with Crippen LogP contribution in [0.4, 0.5) is 15.8 Å². The molecule has 0 aromatic heterocycles. The van der Waals surface area contributed by atoms with Crippen LogP contribution in [-0.4, -0.2) is 4.92 Å². The lowest BCUT2D eigenvalue weighted by Crippen LogP contribution is -2.01. The molecule has 98 valence electrons. The second-order valence-corrected chi connectivity index (χ2v) is 4.33. The van der Waals surface area contributed by atoms with Gasteiger partial charge in [-0.25, -0.2) is 4.39 Å². The average Bonchev–Trinajstić information content (AvgIpc) is 2.40. The number of hydrogen-bond acceptors (Lipinski definition) is 3. The van der Waals surface area contributed by atoms with Crippen LogP contribution in [0.1, 0.15) is 5.56 Å².